The number of nitrogens with zero attached hydrogens (tertiary/aromatic N) is 1. The summed E-state index contributed by atoms with van der Waals surface area (Å²) in [6.45, 7) is 2.77. The molecule has 1 aromatic carbocycles. The summed E-state index contributed by atoms with van der Waals surface area (Å²) in [5, 5.41) is 4.15. The van der Waals surface area contributed by atoms with Gasteiger partial charge in [0.25, 0.3) is 0 Å². The van der Waals surface area contributed by atoms with Crippen LogP contribution >= 0.6 is 11.6 Å². The number of nitrogens with one attached hydrogen (secondary N) is 1. The van der Waals surface area contributed by atoms with Crippen molar-refractivity contribution < 1.29 is 4.74 Å². The Bertz CT molecular complexity index is 531. The first kappa shape index (κ1) is 13.8. The fourth-order valence-electron chi connectivity index (χ4n) is 1.93. The average molecular weight is 277 g/mol. The van der Waals surface area contributed by atoms with Gasteiger partial charge >= 0.3 is 0 Å². The molecule has 4 heteroatoms. The van der Waals surface area contributed by atoms with Gasteiger partial charge in [-0.1, -0.05) is 17.7 Å². The molecule has 2 aromatic rings. The molecule has 0 aliphatic carbocycles. The molecular weight excluding hydrogens is 260 g/mol. The van der Waals surface area contributed by atoms with Crippen molar-refractivity contribution in [1.82, 2.24) is 10.3 Å². The molecule has 3 nitrogen and oxygen atoms in total. The van der Waals surface area contributed by atoms with Gasteiger partial charge in [0.15, 0.2) is 0 Å². The molecule has 0 bridgehead atoms. The molecule has 0 saturated heterocycles. The van der Waals surface area contributed by atoms with Gasteiger partial charge in [-0.15, -0.1) is 0 Å². The molecule has 0 saturated carbocycles. The lowest BCUT2D eigenvalue weighted by molar-refractivity contribution is 0.406. The monoisotopic (exact) mass is 276 g/mol. The van der Waals surface area contributed by atoms with Crippen LogP contribution in [0.4, 0.5) is 0 Å². The van der Waals surface area contributed by atoms with Gasteiger partial charge in [0.2, 0.25) is 0 Å². The summed E-state index contributed by atoms with van der Waals surface area (Å²) in [4.78, 5) is 4.02. The Balaban J connectivity index is 2.07. The average Bonchev–Trinajstić information content (AvgIpc) is 2.46. The summed E-state index contributed by atoms with van der Waals surface area (Å²) in [7, 11) is 1.65. The first-order valence-corrected chi connectivity index (χ1v) is 6.55. The van der Waals surface area contributed by atoms with Crippen LogP contribution in [0.1, 0.15) is 24.1 Å². The molecule has 1 atom stereocenters. The van der Waals surface area contributed by atoms with Crippen LogP contribution in [-0.4, -0.2) is 12.1 Å². The Kier molecular flexibility index (Phi) is 4.77. The summed E-state index contributed by atoms with van der Waals surface area (Å²) in [5.41, 5.74) is 2.17. The number of hydrogen-bond acceptors (Lipinski definition) is 3. The maximum atomic E-state index is 6.21. The van der Waals surface area contributed by atoms with Crippen molar-refractivity contribution in [2.24, 2.45) is 0 Å². The molecule has 0 amide bonds. The molecule has 100 valence electrons. The third kappa shape index (κ3) is 3.46. The third-order valence-corrected chi connectivity index (χ3v) is 3.44. The van der Waals surface area contributed by atoms with E-state index in [2.05, 4.69) is 17.2 Å². The number of aromatic nitrogens is 1. The first-order valence-electron chi connectivity index (χ1n) is 6.17. The second kappa shape index (κ2) is 6.55. The lowest BCUT2D eigenvalue weighted by Crippen LogP contribution is -2.18. The van der Waals surface area contributed by atoms with Crippen LogP contribution in [0.25, 0.3) is 0 Å². The van der Waals surface area contributed by atoms with Gasteiger partial charge < -0.3 is 10.1 Å². The highest BCUT2D eigenvalue weighted by Crippen LogP contribution is 2.26. The number of halogens is 1. The molecular formula is C15H17ClN2O. The van der Waals surface area contributed by atoms with E-state index in [-0.39, 0.29) is 6.04 Å². The predicted octanol–water partition coefficient (Wildman–Crippen LogP) is 3.59. The van der Waals surface area contributed by atoms with Gasteiger partial charge in [-0.05, 0) is 36.8 Å². The van der Waals surface area contributed by atoms with E-state index in [0.717, 1.165) is 11.3 Å². The number of methoxy groups -OCH3 is 1. The molecule has 1 heterocycles. The van der Waals surface area contributed by atoms with Crippen LogP contribution in [0.3, 0.4) is 0 Å². The largest absolute Gasteiger partial charge is 0.496 e. The van der Waals surface area contributed by atoms with Crippen molar-refractivity contribution in [3.8, 4) is 5.75 Å². The molecule has 0 fully saturated rings. The van der Waals surface area contributed by atoms with Crippen LogP contribution in [0.2, 0.25) is 5.02 Å². The molecule has 1 N–H and O–H groups in total. The molecule has 19 heavy (non-hydrogen) atoms. The van der Waals surface area contributed by atoms with E-state index in [1.165, 1.54) is 5.56 Å². The number of rotatable bonds is 5. The van der Waals surface area contributed by atoms with E-state index in [1.807, 2.05) is 30.3 Å². The summed E-state index contributed by atoms with van der Waals surface area (Å²) in [6.07, 6.45) is 3.59. The second-order valence-electron chi connectivity index (χ2n) is 4.30. The Morgan fingerprint density at radius 1 is 1.26 bits per heavy atom. The van der Waals surface area contributed by atoms with Crippen LogP contribution < -0.4 is 10.1 Å². The van der Waals surface area contributed by atoms with Gasteiger partial charge in [-0.2, -0.15) is 0 Å². The van der Waals surface area contributed by atoms with Crippen molar-refractivity contribution in [2.75, 3.05) is 7.11 Å². The van der Waals surface area contributed by atoms with Crippen molar-refractivity contribution in [3.05, 3.63) is 58.9 Å². The zero-order valence-electron chi connectivity index (χ0n) is 11.1. The van der Waals surface area contributed by atoms with Gasteiger partial charge in [0.05, 0.1) is 7.11 Å². The number of hydrogen-bond donors (Lipinski definition) is 1. The lowest BCUT2D eigenvalue weighted by Gasteiger charge is -2.16. The Morgan fingerprint density at radius 2 is 2.00 bits per heavy atom. The van der Waals surface area contributed by atoms with Crippen molar-refractivity contribution in [2.45, 2.75) is 19.5 Å². The quantitative estimate of drug-likeness (QED) is 0.906. The van der Waals surface area contributed by atoms with E-state index >= 15 is 0 Å². The number of ether oxygens (including phenoxy) is 1. The highest BCUT2D eigenvalue weighted by Gasteiger charge is 2.10. The predicted molar refractivity (Wildman–Crippen MR) is 77.5 cm³/mol. The highest BCUT2D eigenvalue weighted by atomic mass is 35.5. The topological polar surface area (TPSA) is 34.1 Å². The van der Waals surface area contributed by atoms with Crippen LogP contribution in [0.5, 0.6) is 5.75 Å². The van der Waals surface area contributed by atoms with Crippen LogP contribution in [-0.2, 0) is 6.54 Å². The minimum atomic E-state index is 0.226. The van der Waals surface area contributed by atoms with E-state index in [0.29, 0.717) is 11.6 Å². The van der Waals surface area contributed by atoms with E-state index in [9.17, 15) is 0 Å². The molecule has 0 unspecified atom stereocenters. The summed E-state index contributed by atoms with van der Waals surface area (Å²) in [6, 6.07) is 9.90. The van der Waals surface area contributed by atoms with Gasteiger partial charge in [-0.3, -0.25) is 4.98 Å². The molecule has 0 aliphatic rings. The lowest BCUT2D eigenvalue weighted by atomic mass is 10.1. The molecule has 0 radical (unpaired) electrons. The van der Waals surface area contributed by atoms with Crippen molar-refractivity contribution in [1.29, 1.82) is 0 Å². The van der Waals surface area contributed by atoms with Gasteiger partial charge in [-0.25, -0.2) is 0 Å². The standard InChI is InChI=1S/C15H17ClN2O/c1-11(12-6-8-17-9-7-12)18-10-13-14(16)4-3-5-15(13)19-2/h3-9,11,18H,10H2,1-2H3/t11-/m1/s1. The van der Waals surface area contributed by atoms with E-state index in [4.69, 9.17) is 16.3 Å². The maximum Gasteiger partial charge on any atom is 0.124 e. The highest BCUT2D eigenvalue weighted by molar-refractivity contribution is 6.31. The zero-order chi connectivity index (χ0) is 13.7. The fraction of sp³-hybridized carbons (Fsp3) is 0.267. The zero-order valence-corrected chi connectivity index (χ0v) is 11.8. The molecule has 1 aromatic heterocycles. The third-order valence-electron chi connectivity index (χ3n) is 3.09. The van der Waals surface area contributed by atoms with Gasteiger partial charge in [0, 0.05) is 35.6 Å². The molecule has 0 spiro atoms. The van der Waals surface area contributed by atoms with Crippen molar-refractivity contribution >= 4 is 11.6 Å². The fourth-order valence-corrected chi connectivity index (χ4v) is 2.16. The minimum Gasteiger partial charge on any atom is -0.496 e. The first-order chi connectivity index (χ1) is 9.22. The maximum absolute atomic E-state index is 6.21. The van der Waals surface area contributed by atoms with Crippen molar-refractivity contribution in [3.63, 3.8) is 0 Å². The molecule has 0 aliphatic heterocycles. The Hall–Kier alpha value is -1.58. The summed E-state index contributed by atoms with van der Waals surface area (Å²) in [5.74, 6) is 0.807. The normalized spacial score (nSPS) is 12.2. The molecule has 2 rings (SSSR count). The Labute approximate surface area is 118 Å². The summed E-state index contributed by atoms with van der Waals surface area (Å²) >= 11 is 6.21. The van der Waals surface area contributed by atoms with E-state index < -0.39 is 0 Å². The number of pyridine rings is 1. The van der Waals surface area contributed by atoms with Crippen LogP contribution in [0, 0.1) is 0 Å². The van der Waals surface area contributed by atoms with Gasteiger partial charge in [0.1, 0.15) is 5.75 Å². The van der Waals surface area contributed by atoms with E-state index in [1.54, 1.807) is 19.5 Å². The SMILES string of the molecule is COc1cccc(Cl)c1CN[C@H](C)c1ccncc1. The number of benzene rings is 1. The van der Waals surface area contributed by atoms with Crippen LogP contribution in [0.15, 0.2) is 42.7 Å². The smallest absolute Gasteiger partial charge is 0.124 e. The minimum absolute atomic E-state index is 0.226. The summed E-state index contributed by atoms with van der Waals surface area (Å²) < 4.78 is 5.33. The Morgan fingerprint density at radius 3 is 2.68 bits per heavy atom. The second-order valence-corrected chi connectivity index (χ2v) is 4.71.